The first kappa shape index (κ1) is 12.1. The summed E-state index contributed by atoms with van der Waals surface area (Å²) in [5.41, 5.74) is 7.18. The molecule has 0 radical (unpaired) electrons. The molecule has 2 N–H and O–H groups in total. The molecule has 0 bridgehead atoms. The summed E-state index contributed by atoms with van der Waals surface area (Å²) in [4.78, 5) is 0. The maximum atomic E-state index is 5.90. The molecule has 0 aliphatic rings. The lowest BCUT2D eigenvalue weighted by Crippen LogP contribution is -2.34. The van der Waals surface area contributed by atoms with Crippen LogP contribution in [0.2, 0.25) is 0 Å². The lowest BCUT2D eigenvalue weighted by Gasteiger charge is -2.17. The summed E-state index contributed by atoms with van der Waals surface area (Å²) >= 11 is 5.30. The quantitative estimate of drug-likeness (QED) is 0.910. The Bertz CT molecular complexity index is 276. The standard InChI is InChI=1S/C11H16BrNS/c1-11(2,13)8-14-7-9-3-5-10(12)6-4-9/h3-6H,7-8,13H2,1-2H3. The van der Waals surface area contributed by atoms with Gasteiger partial charge in [-0.2, -0.15) is 11.8 Å². The van der Waals surface area contributed by atoms with Crippen LogP contribution in [0.4, 0.5) is 0 Å². The molecule has 1 aromatic carbocycles. The molecule has 1 aromatic rings. The maximum Gasteiger partial charge on any atom is 0.0188 e. The van der Waals surface area contributed by atoms with Crippen molar-refractivity contribution in [1.82, 2.24) is 0 Å². The molecule has 0 aliphatic carbocycles. The van der Waals surface area contributed by atoms with E-state index < -0.39 is 0 Å². The second-order valence-corrected chi connectivity index (χ2v) is 6.01. The smallest absolute Gasteiger partial charge is 0.0188 e. The summed E-state index contributed by atoms with van der Waals surface area (Å²) in [5.74, 6) is 2.02. The molecule has 1 rings (SSSR count). The molecule has 0 amide bonds. The largest absolute Gasteiger partial charge is 0.325 e. The SMILES string of the molecule is CC(C)(N)CSCc1ccc(Br)cc1. The number of rotatable bonds is 4. The van der Waals surface area contributed by atoms with Gasteiger partial charge in [-0.25, -0.2) is 0 Å². The summed E-state index contributed by atoms with van der Waals surface area (Å²) in [6, 6.07) is 8.42. The molecular formula is C11H16BrNS. The Kier molecular flexibility index (Phi) is 4.48. The number of halogens is 1. The fraction of sp³-hybridized carbons (Fsp3) is 0.455. The van der Waals surface area contributed by atoms with Gasteiger partial charge >= 0.3 is 0 Å². The van der Waals surface area contributed by atoms with Crippen molar-refractivity contribution in [3.05, 3.63) is 34.3 Å². The van der Waals surface area contributed by atoms with Gasteiger partial charge in [0.25, 0.3) is 0 Å². The normalized spacial score (nSPS) is 11.7. The van der Waals surface area contributed by atoms with Crippen LogP contribution in [0.5, 0.6) is 0 Å². The van der Waals surface area contributed by atoms with Gasteiger partial charge in [-0.15, -0.1) is 0 Å². The first-order valence-electron chi connectivity index (χ1n) is 4.58. The van der Waals surface area contributed by atoms with Crippen molar-refractivity contribution >= 4 is 27.7 Å². The Morgan fingerprint density at radius 2 is 1.86 bits per heavy atom. The average Bonchev–Trinajstić information content (AvgIpc) is 2.06. The van der Waals surface area contributed by atoms with Gasteiger partial charge in [0.15, 0.2) is 0 Å². The highest BCUT2D eigenvalue weighted by Crippen LogP contribution is 2.18. The van der Waals surface area contributed by atoms with Crippen molar-refractivity contribution < 1.29 is 0 Å². The number of hydrogen-bond acceptors (Lipinski definition) is 2. The Labute approximate surface area is 98.6 Å². The van der Waals surface area contributed by atoms with E-state index in [0.29, 0.717) is 0 Å². The van der Waals surface area contributed by atoms with E-state index in [1.54, 1.807) is 0 Å². The average molecular weight is 274 g/mol. The molecule has 3 heteroatoms. The predicted octanol–water partition coefficient (Wildman–Crippen LogP) is 3.42. The first-order valence-corrected chi connectivity index (χ1v) is 6.53. The topological polar surface area (TPSA) is 26.0 Å². The first-order chi connectivity index (χ1) is 6.47. The lowest BCUT2D eigenvalue weighted by atomic mass is 10.1. The fourth-order valence-electron chi connectivity index (χ4n) is 1.01. The van der Waals surface area contributed by atoms with E-state index in [-0.39, 0.29) is 5.54 Å². The Hall–Kier alpha value is 0.01000. The van der Waals surface area contributed by atoms with Crippen LogP contribution in [0.25, 0.3) is 0 Å². The van der Waals surface area contributed by atoms with E-state index in [1.165, 1.54) is 5.56 Å². The highest BCUT2D eigenvalue weighted by Gasteiger charge is 2.09. The molecule has 78 valence electrons. The maximum absolute atomic E-state index is 5.90. The van der Waals surface area contributed by atoms with Gasteiger partial charge in [-0.3, -0.25) is 0 Å². The number of thioether (sulfide) groups is 1. The van der Waals surface area contributed by atoms with Gasteiger partial charge in [0.2, 0.25) is 0 Å². The third-order valence-corrected chi connectivity index (χ3v) is 3.67. The van der Waals surface area contributed by atoms with Gasteiger partial charge in [-0.1, -0.05) is 28.1 Å². The molecule has 0 spiro atoms. The van der Waals surface area contributed by atoms with Crippen molar-refractivity contribution in [2.24, 2.45) is 5.73 Å². The van der Waals surface area contributed by atoms with Gasteiger partial charge in [-0.05, 0) is 31.5 Å². The summed E-state index contributed by atoms with van der Waals surface area (Å²) in [5, 5.41) is 0. The molecular weight excluding hydrogens is 258 g/mol. The van der Waals surface area contributed by atoms with Crippen LogP contribution in [0.15, 0.2) is 28.7 Å². The van der Waals surface area contributed by atoms with E-state index in [9.17, 15) is 0 Å². The summed E-state index contributed by atoms with van der Waals surface area (Å²) in [6.45, 7) is 4.11. The molecule has 0 atom stereocenters. The Morgan fingerprint density at radius 3 is 2.36 bits per heavy atom. The zero-order valence-electron chi connectivity index (χ0n) is 8.59. The molecule has 0 fully saturated rings. The van der Waals surface area contributed by atoms with Crippen LogP contribution in [-0.2, 0) is 5.75 Å². The molecule has 0 heterocycles. The fourth-order valence-corrected chi connectivity index (χ4v) is 2.33. The summed E-state index contributed by atoms with van der Waals surface area (Å²) in [7, 11) is 0. The molecule has 14 heavy (non-hydrogen) atoms. The van der Waals surface area contributed by atoms with E-state index in [0.717, 1.165) is 16.0 Å². The van der Waals surface area contributed by atoms with Crippen molar-refractivity contribution in [2.45, 2.75) is 25.1 Å². The number of benzene rings is 1. The summed E-state index contributed by atoms with van der Waals surface area (Å²) < 4.78 is 1.13. The zero-order valence-corrected chi connectivity index (χ0v) is 11.0. The second-order valence-electron chi connectivity index (χ2n) is 4.11. The molecule has 0 aliphatic heterocycles. The Balaban J connectivity index is 2.35. The van der Waals surface area contributed by atoms with E-state index in [4.69, 9.17) is 5.73 Å². The van der Waals surface area contributed by atoms with Crippen LogP contribution < -0.4 is 5.73 Å². The highest BCUT2D eigenvalue weighted by atomic mass is 79.9. The molecule has 0 unspecified atom stereocenters. The minimum Gasteiger partial charge on any atom is -0.325 e. The van der Waals surface area contributed by atoms with Crippen LogP contribution in [0.1, 0.15) is 19.4 Å². The van der Waals surface area contributed by atoms with Crippen molar-refractivity contribution in [3.63, 3.8) is 0 Å². The van der Waals surface area contributed by atoms with E-state index in [1.807, 2.05) is 11.8 Å². The van der Waals surface area contributed by atoms with Gasteiger partial charge in [0, 0.05) is 21.5 Å². The zero-order chi connectivity index (χ0) is 10.6. The van der Waals surface area contributed by atoms with Crippen LogP contribution >= 0.6 is 27.7 Å². The van der Waals surface area contributed by atoms with Gasteiger partial charge in [0.05, 0.1) is 0 Å². The predicted molar refractivity (Wildman–Crippen MR) is 68.6 cm³/mol. The van der Waals surface area contributed by atoms with Gasteiger partial charge < -0.3 is 5.73 Å². The molecule has 0 aromatic heterocycles. The molecule has 0 saturated heterocycles. The monoisotopic (exact) mass is 273 g/mol. The van der Waals surface area contributed by atoms with Crippen molar-refractivity contribution in [2.75, 3.05) is 5.75 Å². The van der Waals surface area contributed by atoms with Gasteiger partial charge in [0.1, 0.15) is 0 Å². The minimum absolute atomic E-state index is 0.0694. The van der Waals surface area contributed by atoms with Crippen molar-refractivity contribution in [3.8, 4) is 0 Å². The Morgan fingerprint density at radius 1 is 1.29 bits per heavy atom. The van der Waals surface area contributed by atoms with E-state index >= 15 is 0 Å². The summed E-state index contributed by atoms with van der Waals surface area (Å²) in [6.07, 6.45) is 0. The van der Waals surface area contributed by atoms with Crippen molar-refractivity contribution in [1.29, 1.82) is 0 Å². The molecule has 0 saturated carbocycles. The molecule has 1 nitrogen and oxygen atoms in total. The second kappa shape index (κ2) is 5.19. The third kappa shape index (κ3) is 5.03. The number of hydrogen-bond donors (Lipinski definition) is 1. The highest BCUT2D eigenvalue weighted by molar-refractivity contribution is 9.10. The van der Waals surface area contributed by atoms with Crippen LogP contribution in [0.3, 0.4) is 0 Å². The third-order valence-electron chi connectivity index (χ3n) is 1.66. The number of nitrogens with two attached hydrogens (primary N) is 1. The van der Waals surface area contributed by atoms with E-state index in [2.05, 4.69) is 54.0 Å². The van der Waals surface area contributed by atoms with Crippen LogP contribution in [-0.4, -0.2) is 11.3 Å². The minimum atomic E-state index is -0.0694. The van der Waals surface area contributed by atoms with Crippen LogP contribution in [0, 0.1) is 0 Å². The lowest BCUT2D eigenvalue weighted by molar-refractivity contribution is 0.591.